The molecular formula is C25H20BrN3O3. The fourth-order valence-corrected chi connectivity index (χ4v) is 3.32. The molecule has 0 bridgehead atoms. The van der Waals surface area contributed by atoms with Crippen LogP contribution in [0, 0.1) is 22.7 Å². The molecule has 0 aliphatic heterocycles. The van der Waals surface area contributed by atoms with Crippen LogP contribution < -0.4 is 9.47 Å². The largest absolute Gasteiger partial charge is 0.490 e. The highest BCUT2D eigenvalue weighted by molar-refractivity contribution is 9.10. The van der Waals surface area contributed by atoms with Gasteiger partial charge in [0.05, 0.1) is 36.1 Å². The summed E-state index contributed by atoms with van der Waals surface area (Å²) in [6, 6.07) is 22.4. The van der Waals surface area contributed by atoms with Crippen LogP contribution in [0.5, 0.6) is 11.5 Å². The van der Waals surface area contributed by atoms with Crippen LogP contribution in [0.25, 0.3) is 0 Å². The number of rotatable bonds is 9. The van der Waals surface area contributed by atoms with E-state index >= 15 is 0 Å². The van der Waals surface area contributed by atoms with Gasteiger partial charge in [-0.05, 0) is 47.1 Å². The Kier molecular flexibility index (Phi) is 8.25. The van der Waals surface area contributed by atoms with Gasteiger partial charge in [0.15, 0.2) is 11.5 Å². The Morgan fingerprint density at radius 1 is 0.875 bits per heavy atom. The Morgan fingerprint density at radius 2 is 1.47 bits per heavy atom. The van der Waals surface area contributed by atoms with Crippen LogP contribution in [0.3, 0.4) is 0 Å². The van der Waals surface area contributed by atoms with Gasteiger partial charge in [-0.15, -0.1) is 0 Å². The fourth-order valence-electron chi connectivity index (χ4n) is 2.90. The highest BCUT2D eigenvalue weighted by Crippen LogP contribution is 2.34. The maximum absolute atomic E-state index is 9.26. The van der Waals surface area contributed by atoms with Gasteiger partial charge in [0.25, 0.3) is 0 Å². The second-order valence-corrected chi connectivity index (χ2v) is 7.44. The van der Waals surface area contributed by atoms with E-state index in [2.05, 4.69) is 33.2 Å². The lowest BCUT2D eigenvalue weighted by molar-refractivity contribution is 0.132. The number of oxime groups is 1. The Labute approximate surface area is 195 Å². The first-order chi connectivity index (χ1) is 15.7. The number of hydrogen-bond donors (Lipinski definition) is 0. The second kappa shape index (κ2) is 11.5. The molecule has 3 aromatic rings. The van der Waals surface area contributed by atoms with Crippen molar-refractivity contribution in [1.29, 1.82) is 10.5 Å². The van der Waals surface area contributed by atoms with Gasteiger partial charge in [0.1, 0.15) is 13.2 Å². The Morgan fingerprint density at radius 3 is 2.09 bits per heavy atom. The average Bonchev–Trinajstić information content (AvgIpc) is 2.83. The minimum Gasteiger partial charge on any atom is -0.490 e. The third kappa shape index (κ3) is 5.87. The Balaban J connectivity index is 1.72. The lowest BCUT2D eigenvalue weighted by Crippen LogP contribution is -2.02. The lowest BCUT2D eigenvalue weighted by Gasteiger charge is -2.14. The van der Waals surface area contributed by atoms with Crippen LogP contribution in [0.1, 0.15) is 34.7 Å². The van der Waals surface area contributed by atoms with Gasteiger partial charge in [-0.3, -0.25) is 0 Å². The van der Waals surface area contributed by atoms with Crippen molar-refractivity contribution in [2.75, 3.05) is 6.61 Å². The van der Waals surface area contributed by atoms with E-state index in [1.54, 1.807) is 36.5 Å². The van der Waals surface area contributed by atoms with E-state index in [0.29, 0.717) is 29.2 Å². The molecule has 32 heavy (non-hydrogen) atoms. The van der Waals surface area contributed by atoms with Gasteiger partial charge in [-0.25, -0.2) is 0 Å². The minimum atomic E-state index is 0.190. The monoisotopic (exact) mass is 489 g/mol. The number of nitrogens with zero attached hydrogens (tertiary/aromatic N) is 3. The highest BCUT2D eigenvalue weighted by Gasteiger charge is 2.12. The third-order valence-corrected chi connectivity index (χ3v) is 5.19. The molecule has 6 nitrogen and oxygen atoms in total. The summed E-state index contributed by atoms with van der Waals surface area (Å²) in [6.07, 6.45) is 1.57. The zero-order valence-electron chi connectivity index (χ0n) is 17.4. The second-order valence-electron chi connectivity index (χ2n) is 6.59. The number of hydrogen-bond acceptors (Lipinski definition) is 6. The van der Waals surface area contributed by atoms with Crippen LogP contribution in [0.4, 0.5) is 0 Å². The zero-order valence-corrected chi connectivity index (χ0v) is 19.0. The van der Waals surface area contributed by atoms with Crippen molar-refractivity contribution in [3.05, 3.63) is 93.0 Å². The molecule has 0 saturated heterocycles. The molecular weight excluding hydrogens is 470 g/mol. The lowest BCUT2D eigenvalue weighted by atomic mass is 10.1. The van der Waals surface area contributed by atoms with Crippen LogP contribution in [-0.4, -0.2) is 12.8 Å². The summed E-state index contributed by atoms with van der Waals surface area (Å²) in [5.41, 5.74) is 3.44. The molecule has 0 heterocycles. The summed E-state index contributed by atoms with van der Waals surface area (Å²) < 4.78 is 12.4. The molecule has 0 N–H and O–H groups in total. The molecule has 0 saturated carbocycles. The smallest absolute Gasteiger partial charge is 0.162 e. The predicted octanol–water partition coefficient (Wildman–Crippen LogP) is 5.72. The van der Waals surface area contributed by atoms with Crippen molar-refractivity contribution in [2.24, 2.45) is 5.16 Å². The van der Waals surface area contributed by atoms with Gasteiger partial charge in [0.2, 0.25) is 0 Å². The molecule has 0 aromatic heterocycles. The molecule has 3 rings (SSSR count). The first kappa shape index (κ1) is 22.9. The highest BCUT2D eigenvalue weighted by atomic mass is 79.9. The summed E-state index contributed by atoms with van der Waals surface area (Å²) >= 11 is 3.53. The molecule has 7 heteroatoms. The van der Waals surface area contributed by atoms with E-state index < -0.39 is 0 Å². The SMILES string of the molecule is CCOc1cc(/C=N\OCc2ccccc2C#N)c(Br)cc1OCc1ccccc1C#N. The summed E-state index contributed by atoms with van der Waals surface area (Å²) in [5, 5.41) is 22.4. The van der Waals surface area contributed by atoms with Gasteiger partial charge < -0.3 is 14.3 Å². The summed E-state index contributed by atoms with van der Waals surface area (Å²) in [4.78, 5) is 5.38. The van der Waals surface area contributed by atoms with E-state index in [1.807, 2.05) is 37.3 Å². The molecule has 0 unspecified atom stereocenters. The number of nitriles is 2. The zero-order chi connectivity index (χ0) is 22.8. The summed E-state index contributed by atoms with van der Waals surface area (Å²) in [5.74, 6) is 1.11. The standard InChI is InChI=1S/C25H20BrN3O3/c1-2-30-24-11-22(15-29-32-17-21-10-6-4-8-19(21)14-28)23(26)12-25(24)31-16-20-9-5-3-7-18(20)13-27/h3-12,15H,2,16-17H2,1H3/b29-15-. The van der Waals surface area contributed by atoms with Crippen LogP contribution in [0.2, 0.25) is 0 Å². The number of ether oxygens (including phenoxy) is 2. The molecule has 0 aliphatic carbocycles. The molecule has 160 valence electrons. The summed E-state index contributed by atoms with van der Waals surface area (Å²) in [6.45, 7) is 2.78. The number of halogens is 1. The average molecular weight is 490 g/mol. The van der Waals surface area contributed by atoms with Crippen molar-refractivity contribution >= 4 is 22.1 Å². The molecule has 0 fully saturated rings. The van der Waals surface area contributed by atoms with E-state index in [4.69, 9.17) is 19.6 Å². The summed E-state index contributed by atoms with van der Waals surface area (Å²) in [7, 11) is 0. The van der Waals surface area contributed by atoms with Crippen molar-refractivity contribution in [1.82, 2.24) is 0 Å². The van der Waals surface area contributed by atoms with Crippen molar-refractivity contribution in [2.45, 2.75) is 20.1 Å². The Bertz CT molecular complexity index is 1200. The van der Waals surface area contributed by atoms with Crippen molar-refractivity contribution in [3.8, 4) is 23.6 Å². The van der Waals surface area contributed by atoms with E-state index in [9.17, 15) is 5.26 Å². The first-order valence-electron chi connectivity index (χ1n) is 9.86. The first-order valence-corrected chi connectivity index (χ1v) is 10.7. The van der Waals surface area contributed by atoms with Crippen LogP contribution >= 0.6 is 15.9 Å². The molecule has 0 aliphatic rings. The molecule has 3 aromatic carbocycles. The van der Waals surface area contributed by atoms with Gasteiger partial charge in [-0.1, -0.05) is 41.6 Å². The molecule has 0 spiro atoms. The van der Waals surface area contributed by atoms with E-state index in [-0.39, 0.29) is 13.2 Å². The molecule has 0 radical (unpaired) electrons. The Hall–Kier alpha value is -3.81. The predicted molar refractivity (Wildman–Crippen MR) is 124 cm³/mol. The van der Waals surface area contributed by atoms with Crippen LogP contribution in [-0.2, 0) is 18.1 Å². The van der Waals surface area contributed by atoms with E-state index in [0.717, 1.165) is 21.2 Å². The van der Waals surface area contributed by atoms with Gasteiger partial charge >= 0.3 is 0 Å². The fraction of sp³-hybridized carbons (Fsp3) is 0.160. The minimum absolute atomic E-state index is 0.190. The quantitative estimate of drug-likeness (QED) is 0.283. The van der Waals surface area contributed by atoms with Gasteiger partial charge in [-0.2, -0.15) is 10.5 Å². The maximum atomic E-state index is 9.26. The van der Waals surface area contributed by atoms with E-state index in [1.165, 1.54) is 0 Å². The number of benzene rings is 3. The van der Waals surface area contributed by atoms with Crippen molar-refractivity contribution < 1.29 is 14.3 Å². The van der Waals surface area contributed by atoms with Crippen LogP contribution in [0.15, 0.2) is 70.3 Å². The molecule has 0 atom stereocenters. The topological polar surface area (TPSA) is 87.6 Å². The van der Waals surface area contributed by atoms with Gasteiger partial charge in [0, 0.05) is 21.2 Å². The third-order valence-electron chi connectivity index (χ3n) is 4.51. The maximum Gasteiger partial charge on any atom is 0.162 e. The molecule has 0 amide bonds. The normalized spacial score (nSPS) is 10.4. The van der Waals surface area contributed by atoms with Crippen molar-refractivity contribution in [3.63, 3.8) is 0 Å².